The first-order valence-corrected chi connectivity index (χ1v) is 9.95. The van der Waals surface area contributed by atoms with Gasteiger partial charge in [-0.15, -0.1) is 0 Å². The van der Waals surface area contributed by atoms with E-state index in [0.717, 1.165) is 52.3 Å². The van der Waals surface area contributed by atoms with Crippen molar-refractivity contribution in [3.8, 4) is 5.75 Å². The van der Waals surface area contributed by atoms with Crippen LogP contribution in [-0.4, -0.2) is 37.3 Å². The average molecular weight is 459 g/mol. The Labute approximate surface area is 173 Å². The Morgan fingerprint density at radius 1 is 1.04 bits per heavy atom. The van der Waals surface area contributed by atoms with Gasteiger partial charge in [-0.2, -0.15) is 0 Å². The van der Waals surface area contributed by atoms with Crippen LogP contribution in [0.3, 0.4) is 0 Å². The number of fused-ring (bicyclic) bond motifs is 2. The summed E-state index contributed by atoms with van der Waals surface area (Å²) in [5.41, 5.74) is 0.619. The second kappa shape index (κ2) is 9.13. The highest BCUT2D eigenvalue weighted by Gasteiger charge is 2.21. The van der Waals surface area contributed by atoms with Gasteiger partial charge in [0.05, 0.1) is 39.0 Å². The molecule has 2 aromatic heterocycles. The number of furan rings is 1. The van der Waals surface area contributed by atoms with E-state index < -0.39 is 5.63 Å². The van der Waals surface area contributed by atoms with Crippen molar-refractivity contribution in [2.45, 2.75) is 27.2 Å². The van der Waals surface area contributed by atoms with Crippen LogP contribution in [0.4, 0.5) is 0 Å². The number of nitrogens with zero attached hydrogens (tertiary/aromatic N) is 1. The van der Waals surface area contributed by atoms with Crippen LogP contribution < -0.4 is 22.8 Å². The molecule has 0 saturated carbocycles. The summed E-state index contributed by atoms with van der Waals surface area (Å²) in [4.78, 5) is 11.7. The van der Waals surface area contributed by atoms with Gasteiger partial charge >= 0.3 is 5.63 Å². The van der Waals surface area contributed by atoms with Crippen LogP contribution >= 0.6 is 15.9 Å². The molecule has 3 rings (SSSR count). The van der Waals surface area contributed by atoms with E-state index in [4.69, 9.17) is 13.6 Å². The monoisotopic (exact) mass is 457 g/mol. The van der Waals surface area contributed by atoms with E-state index in [1.165, 1.54) is 6.07 Å². The Hall–Kier alpha value is -1.50. The molecular weight excluding hydrogens is 434 g/mol. The molecule has 0 aliphatic rings. The molecular formula is C20H25BrClNO4. The third-order valence-electron chi connectivity index (χ3n) is 5.42. The van der Waals surface area contributed by atoms with Crippen molar-refractivity contribution in [3.63, 3.8) is 0 Å². The second-order valence-corrected chi connectivity index (χ2v) is 7.31. The van der Waals surface area contributed by atoms with Crippen molar-refractivity contribution >= 4 is 37.9 Å². The molecule has 0 saturated heterocycles. The summed E-state index contributed by atoms with van der Waals surface area (Å²) >= 11 is 3.58. The van der Waals surface area contributed by atoms with Gasteiger partial charge in [-0.1, -0.05) is 0 Å². The first-order valence-electron chi connectivity index (χ1n) is 9.15. The van der Waals surface area contributed by atoms with Crippen LogP contribution in [-0.2, 0) is 0 Å². The summed E-state index contributed by atoms with van der Waals surface area (Å²) in [6.07, 6.45) is 2.54. The van der Waals surface area contributed by atoms with Gasteiger partial charge in [0, 0.05) is 27.7 Å². The van der Waals surface area contributed by atoms with E-state index in [9.17, 15) is 4.79 Å². The minimum atomic E-state index is -0.404. The van der Waals surface area contributed by atoms with Crippen LogP contribution in [0.25, 0.3) is 21.9 Å². The first kappa shape index (κ1) is 21.8. The smallest absolute Gasteiger partial charge is 0.336 e. The average Bonchev–Trinajstić information content (AvgIpc) is 3.14. The summed E-state index contributed by atoms with van der Waals surface area (Å²) in [5.74, 6) is 0.503. The van der Waals surface area contributed by atoms with Gasteiger partial charge in [-0.25, -0.2) is 4.79 Å². The molecule has 0 amide bonds. The van der Waals surface area contributed by atoms with E-state index in [1.54, 1.807) is 12.3 Å². The normalized spacial score (nSPS) is 11.7. The standard InChI is InChI=1S/C20H25BrNO4.ClH/c1-4-22(5-2,6-3)11-7-12-24-20-18-15(10-13-25-18)17(21)14-8-9-16(23)26-19(14)20;/h8-10,13H,4-7,11-12H2,1-3H3;1H/q+1;/p-1. The lowest BCUT2D eigenvalue weighted by atomic mass is 10.1. The maximum Gasteiger partial charge on any atom is 0.336 e. The summed E-state index contributed by atoms with van der Waals surface area (Å²) in [6.45, 7) is 11.7. The van der Waals surface area contributed by atoms with Crippen LogP contribution in [0.2, 0.25) is 0 Å². The number of ether oxygens (including phenoxy) is 1. The molecule has 0 spiro atoms. The van der Waals surface area contributed by atoms with Gasteiger partial charge in [0.2, 0.25) is 5.75 Å². The zero-order chi connectivity index (χ0) is 18.7. The van der Waals surface area contributed by atoms with Gasteiger partial charge in [0.15, 0.2) is 11.2 Å². The fraction of sp³-hybridized carbons (Fsp3) is 0.450. The van der Waals surface area contributed by atoms with E-state index >= 15 is 0 Å². The van der Waals surface area contributed by atoms with Crippen molar-refractivity contribution in [1.29, 1.82) is 0 Å². The molecule has 0 aliphatic carbocycles. The van der Waals surface area contributed by atoms with Crippen LogP contribution in [0, 0.1) is 0 Å². The Morgan fingerprint density at radius 3 is 2.37 bits per heavy atom. The van der Waals surface area contributed by atoms with E-state index in [2.05, 4.69) is 36.7 Å². The molecule has 0 aliphatic heterocycles. The highest BCUT2D eigenvalue weighted by Crippen LogP contribution is 2.41. The predicted molar refractivity (Wildman–Crippen MR) is 107 cm³/mol. The lowest BCUT2D eigenvalue weighted by molar-refractivity contribution is -0.923. The molecule has 0 atom stereocenters. The SMILES string of the molecule is CC[N+](CC)(CC)CCCOc1c2occc2c(Br)c2ccc(=O)oc12.[Cl-]. The third kappa shape index (κ3) is 4.18. The molecule has 0 fully saturated rings. The van der Waals surface area contributed by atoms with Crippen molar-refractivity contribution in [2.75, 3.05) is 32.8 Å². The van der Waals surface area contributed by atoms with Gasteiger partial charge in [-0.3, -0.25) is 0 Å². The van der Waals surface area contributed by atoms with Crippen LogP contribution in [0.15, 0.2) is 42.6 Å². The fourth-order valence-electron chi connectivity index (χ4n) is 3.51. The molecule has 7 heteroatoms. The van der Waals surface area contributed by atoms with E-state index in [0.29, 0.717) is 23.5 Å². The van der Waals surface area contributed by atoms with Gasteiger partial charge in [-0.05, 0) is 48.8 Å². The summed E-state index contributed by atoms with van der Waals surface area (Å²) in [5, 5.41) is 1.71. The van der Waals surface area contributed by atoms with Gasteiger partial charge in [0.25, 0.3) is 0 Å². The zero-order valence-electron chi connectivity index (χ0n) is 15.9. The van der Waals surface area contributed by atoms with Crippen LogP contribution in [0.1, 0.15) is 27.2 Å². The number of quaternary nitrogens is 1. The van der Waals surface area contributed by atoms with Crippen molar-refractivity contribution < 1.29 is 30.5 Å². The molecule has 3 aromatic rings. The van der Waals surface area contributed by atoms with Crippen molar-refractivity contribution in [3.05, 3.63) is 39.4 Å². The maximum absolute atomic E-state index is 11.7. The third-order valence-corrected chi connectivity index (χ3v) is 6.27. The molecule has 0 radical (unpaired) electrons. The largest absolute Gasteiger partial charge is 1.00 e. The molecule has 0 N–H and O–H groups in total. The number of halogens is 2. The number of benzene rings is 1. The minimum absolute atomic E-state index is 0. The van der Waals surface area contributed by atoms with Gasteiger partial charge in [0.1, 0.15) is 0 Å². The highest BCUT2D eigenvalue weighted by molar-refractivity contribution is 9.10. The lowest BCUT2D eigenvalue weighted by Crippen LogP contribution is -3.00. The fourth-order valence-corrected chi connectivity index (χ4v) is 4.14. The van der Waals surface area contributed by atoms with Crippen molar-refractivity contribution in [1.82, 2.24) is 0 Å². The molecule has 148 valence electrons. The molecule has 5 nitrogen and oxygen atoms in total. The maximum atomic E-state index is 11.7. The lowest BCUT2D eigenvalue weighted by Gasteiger charge is -2.35. The number of hydrogen-bond donors (Lipinski definition) is 0. The molecule has 27 heavy (non-hydrogen) atoms. The topological polar surface area (TPSA) is 52.6 Å². The van der Waals surface area contributed by atoms with E-state index in [-0.39, 0.29) is 12.4 Å². The van der Waals surface area contributed by atoms with Crippen molar-refractivity contribution in [2.24, 2.45) is 0 Å². The zero-order valence-corrected chi connectivity index (χ0v) is 18.2. The number of hydrogen-bond acceptors (Lipinski definition) is 4. The van der Waals surface area contributed by atoms with E-state index in [1.807, 2.05) is 6.07 Å². The molecule has 1 aromatic carbocycles. The summed E-state index contributed by atoms with van der Waals surface area (Å²) in [6, 6.07) is 5.04. The second-order valence-electron chi connectivity index (χ2n) is 6.52. The molecule has 0 bridgehead atoms. The van der Waals surface area contributed by atoms with Gasteiger partial charge < -0.3 is 30.5 Å². The minimum Gasteiger partial charge on any atom is -1.00 e. The van der Waals surface area contributed by atoms with Crippen LogP contribution in [0.5, 0.6) is 5.75 Å². The predicted octanol–water partition coefficient (Wildman–Crippen LogP) is 1.95. The Bertz CT molecular complexity index is 953. The Balaban J connectivity index is 0.00000261. The molecule has 2 heterocycles. The Morgan fingerprint density at radius 2 is 1.70 bits per heavy atom. The molecule has 0 unspecified atom stereocenters. The quantitative estimate of drug-likeness (QED) is 0.294. The first-order chi connectivity index (χ1) is 12.5. The number of rotatable bonds is 8. The summed E-state index contributed by atoms with van der Waals surface area (Å²) in [7, 11) is 0. The Kier molecular flexibility index (Phi) is 7.37. The highest BCUT2D eigenvalue weighted by atomic mass is 79.9. The summed E-state index contributed by atoms with van der Waals surface area (Å²) < 4.78 is 19.0.